The van der Waals surface area contributed by atoms with Crippen molar-refractivity contribution in [1.29, 1.82) is 0 Å². The molecule has 2 aliphatic heterocycles. The third-order valence-corrected chi connectivity index (χ3v) is 4.47. The van der Waals surface area contributed by atoms with E-state index < -0.39 is 5.97 Å². The van der Waals surface area contributed by atoms with Gasteiger partial charge < -0.3 is 15.3 Å². The van der Waals surface area contributed by atoms with Gasteiger partial charge in [-0.15, -0.1) is 0 Å². The monoisotopic (exact) mass is 268 g/mol. The minimum absolute atomic E-state index is 0.0291. The SMILES string of the molecule is CC1CCNC(C(=O)N2CCC(C(=O)O)CC2C)C1. The van der Waals surface area contributed by atoms with Crippen molar-refractivity contribution in [3.05, 3.63) is 0 Å². The van der Waals surface area contributed by atoms with Crippen molar-refractivity contribution >= 4 is 11.9 Å². The molecular formula is C14H24N2O3. The number of amides is 1. The van der Waals surface area contributed by atoms with Crippen LogP contribution in [0.5, 0.6) is 0 Å². The molecule has 2 rings (SSSR count). The van der Waals surface area contributed by atoms with Gasteiger partial charge in [-0.2, -0.15) is 0 Å². The largest absolute Gasteiger partial charge is 0.481 e. The second kappa shape index (κ2) is 5.90. The Balaban J connectivity index is 1.94. The molecule has 0 aromatic carbocycles. The number of carbonyl (C=O) groups is 2. The number of likely N-dealkylation sites (tertiary alicyclic amines) is 1. The third kappa shape index (κ3) is 3.26. The molecule has 108 valence electrons. The first kappa shape index (κ1) is 14.3. The molecule has 2 aliphatic rings. The summed E-state index contributed by atoms with van der Waals surface area (Å²) in [5.74, 6) is -0.286. The minimum Gasteiger partial charge on any atom is -0.481 e. The Kier molecular flexibility index (Phi) is 4.45. The Morgan fingerprint density at radius 1 is 1.21 bits per heavy atom. The highest BCUT2D eigenvalue weighted by atomic mass is 16.4. The Labute approximate surface area is 114 Å². The Bertz CT molecular complexity index is 359. The van der Waals surface area contributed by atoms with Crippen molar-refractivity contribution in [2.75, 3.05) is 13.1 Å². The summed E-state index contributed by atoms with van der Waals surface area (Å²) < 4.78 is 0. The smallest absolute Gasteiger partial charge is 0.306 e. The second-order valence-corrected chi connectivity index (χ2v) is 6.08. The summed E-state index contributed by atoms with van der Waals surface area (Å²) in [4.78, 5) is 25.4. The fourth-order valence-electron chi connectivity index (χ4n) is 3.22. The van der Waals surface area contributed by atoms with Crippen LogP contribution in [0, 0.1) is 11.8 Å². The highest BCUT2D eigenvalue weighted by Gasteiger charge is 2.36. The van der Waals surface area contributed by atoms with Crippen LogP contribution in [0.2, 0.25) is 0 Å². The molecule has 4 atom stereocenters. The van der Waals surface area contributed by atoms with Crippen molar-refractivity contribution in [1.82, 2.24) is 10.2 Å². The van der Waals surface area contributed by atoms with Crippen LogP contribution in [0.3, 0.4) is 0 Å². The lowest BCUT2D eigenvalue weighted by Gasteiger charge is -2.39. The molecule has 0 bridgehead atoms. The van der Waals surface area contributed by atoms with E-state index in [9.17, 15) is 9.59 Å². The van der Waals surface area contributed by atoms with Gasteiger partial charge in [-0.1, -0.05) is 6.92 Å². The van der Waals surface area contributed by atoms with Crippen LogP contribution < -0.4 is 5.32 Å². The van der Waals surface area contributed by atoms with Crippen LogP contribution in [0.4, 0.5) is 0 Å². The third-order valence-electron chi connectivity index (χ3n) is 4.47. The molecule has 0 saturated carbocycles. The van der Waals surface area contributed by atoms with Gasteiger partial charge in [-0.3, -0.25) is 9.59 Å². The number of carboxylic acids is 1. The van der Waals surface area contributed by atoms with E-state index in [1.165, 1.54) is 0 Å². The Morgan fingerprint density at radius 3 is 2.53 bits per heavy atom. The van der Waals surface area contributed by atoms with E-state index in [4.69, 9.17) is 5.11 Å². The first-order chi connectivity index (χ1) is 8.99. The van der Waals surface area contributed by atoms with Gasteiger partial charge in [-0.25, -0.2) is 0 Å². The van der Waals surface area contributed by atoms with Gasteiger partial charge in [0, 0.05) is 12.6 Å². The molecule has 0 aromatic rings. The summed E-state index contributed by atoms with van der Waals surface area (Å²) in [6.07, 6.45) is 3.17. The summed E-state index contributed by atoms with van der Waals surface area (Å²) in [6, 6.07) is -0.0473. The zero-order chi connectivity index (χ0) is 14.0. The van der Waals surface area contributed by atoms with Gasteiger partial charge in [0.15, 0.2) is 0 Å². The number of hydrogen-bond donors (Lipinski definition) is 2. The summed E-state index contributed by atoms with van der Waals surface area (Å²) in [5, 5.41) is 12.3. The molecule has 0 aliphatic carbocycles. The molecule has 2 N–H and O–H groups in total. The number of nitrogens with zero attached hydrogens (tertiary/aromatic N) is 1. The van der Waals surface area contributed by atoms with Crippen molar-refractivity contribution in [3.63, 3.8) is 0 Å². The summed E-state index contributed by atoms with van der Waals surface area (Å²) in [7, 11) is 0. The number of carbonyl (C=O) groups excluding carboxylic acids is 1. The van der Waals surface area contributed by atoms with Gasteiger partial charge in [0.25, 0.3) is 0 Å². The zero-order valence-electron chi connectivity index (χ0n) is 11.8. The topological polar surface area (TPSA) is 69.6 Å². The number of aliphatic carboxylic acids is 1. The Hall–Kier alpha value is -1.10. The van der Waals surface area contributed by atoms with Crippen LogP contribution in [-0.4, -0.2) is 47.1 Å². The number of rotatable bonds is 2. The molecule has 0 radical (unpaired) electrons. The van der Waals surface area contributed by atoms with Crippen LogP contribution in [0.1, 0.15) is 39.5 Å². The van der Waals surface area contributed by atoms with E-state index in [1.54, 1.807) is 0 Å². The van der Waals surface area contributed by atoms with E-state index in [2.05, 4.69) is 12.2 Å². The first-order valence-corrected chi connectivity index (χ1v) is 7.25. The standard InChI is InChI=1S/C14H24N2O3/c1-9-3-5-15-12(7-9)13(17)16-6-4-11(14(18)19)8-10(16)2/h9-12,15H,3-8H2,1-2H3,(H,18,19). The van der Waals surface area contributed by atoms with E-state index in [0.29, 0.717) is 25.3 Å². The average molecular weight is 268 g/mol. The molecule has 1 amide bonds. The van der Waals surface area contributed by atoms with Gasteiger partial charge in [0.05, 0.1) is 12.0 Å². The van der Waals surface area contributed by atoms with Crippen LogP contribution >= 0.6 is 0 Å². The zero-order valence-corrected chi connectivity index (χ0v) is 11.8. The minimum atomic E-state index is -0.733. The van der Waals surface area contributed by atoms with E-state index in [-0.39, 0.29) is 23.9 Å². The molecule has 2 saturated heterocycles. The maximum Gasteiger partial charge on any atom is 0.306 e. The molecule has 4 unspecified atom stereocenters. The number of hydrogen-bond acceptors (Lipinski definition) is 3. The van der Waals surface area contributed by atoms with Crippen LogP contribution in [-0.2, 0) is 9.59 Å². The van der Waals surface area contributed by atoms with Crippen LogP contribution in [0.25, 0.3) is 0 Å². The van der Waals surface area contributed by atoms with E-state index in [0.717, 1.165) is 19.4 Å². The lowest BCUT2D eigenvalue weighted by molar-refractivity contribution is -0.148. The van der Waals surface area contributed by atoms with Crippen molar-refractivity contribution in [3.8, 4) is 0 Å². The molecule has 19 heavy (non-hydrogen) atoms. The van der Waals surface area contributed by atoms with Crippen molar-refractivity contribution in [2.45, 2.75) is 51.6 Å². The van der Waals surface area contributed by atoms with Crippen molar-refractivity contribution in [2.24, 2.45) is 11.8 Å². The summed E-state index contributed by atoms with van der Waals surface area (Å²) >= 11 is 0. The summed E-state index contributed by atoms with van der Waals surface area (Å²) in [5.41, 5.74) is 0. The average Bonchev–Trinajstić information content (AvgIpc) is 2.37. The number of nitrogens with one attached hydrogen (secondary N) is 1. The highest BCUT2D eigenvalue weighted by molar-refractivity contribution is 5.82. The van der Waals surface area contributed by atoms with Gasteiger partial charge >= 0.3 is 5.97 Å². The molecule has 5 nitrogen and oxygen atoms in total. The second-order valence-electron chi connectivity index (χ2n) is 6.08. The molecular weight excluding hydrogens is 244 g/mol. The van der Waals surface area contributed by atoms with E-state index in [1.807, 2.05) is 11.8 Å². The maximum absolute atomic E-state index is 12.5. The van der Waals surface area contributed by atoms with Gasteiger partial charge in [0.2, 0.25) is 5.91 Å². The lowest BCUT2D eigenvalue weighted by Crippen LogP contribution is -2.55. The molecule has 0 spiro atoms. The first-order valence-electron chi connectivity index (χ1n) is 7.25. The molecule has 0 aromatic heterocycles. The highest BCUT2D eigenvalue weighted by Crippen LogP contribution is 2.25. The lowest BCUT2D eigenvalue weighted by atomic mass is 9.89. The van der Waals surface area contributed by atoms with Crippen molar-refractivity contribution < 1.29 is 14.7 Å². The molecule has 5 heteroatoms. The van der Waals surface area contributed by atoms with Gasteiger partial charge in [-0.05, 0) is 45.1 Å². The summed E-state index contributed by atoms with van der Waals surface area (Å²) in [6.45, 7) is 5.61. The maximum atomic E-state index is 12.5. The normalized spacial score (nSPS) is 36.0. The predicted octanol–water partition coefficient (Wildman–Crippen LogP) is 1.09. The van der Waals surface area contributed by atoms with Gasteiger partial charge in [0.1, 0.15) is 0 Å². The molecule has 2 heterocycles. The Morgan fingerprint density at radius 2 is 1.95 bits per heavy atom. The number of piperidine rings is 2. The number of carboxylic acid groups (broad SMARTS) is 1. The quantitative estimate of drug-likeness (QED) is 0.786. The van der Waals surface area contributed by atoms with E-state index >= 15 is 0 Å². The fraction of sp³-hybridized carbons (Fsp3) is 0.857. The predicted molar refractivity (Wildman–Crippen MR) is 71.7 cm³/mol. The molecule has 2 fully saturated rings. The van der Waals surface area contributed by atoms with Crippen LogP contribution in [0.15, 0.2) is 0 Å². The fourth-order valence-corrected chi connectivity index (χ4v) is 3.22.